The van der Waals surface area contributed by atoms with Crippen molar-refractivity contribution in [1.82, 2.24) is 0 Å². The number of benzene rings is 1. The third kappa shape index (κ3) is 9.38. The molecule has 3 aliphatic rings. The van der Waals surface area contributed by atoms with Crippen LogP contribution in [0.2, 0.25) is 0 Å². The van der Waals surface area contributed by atoms with E-state index in [1.165, 1.54) is 44.2 Å². The molecule has 40 heavy (non-hydrogen) atoms. The number of hydrogen-bond donors (Lipinski definition) is 0. The van der Waals surface area contributed by atoms with E-state index < -0.39 is 30.1 Å². The van der Waals surface area contributed by atoms with E-state index in [1.807, 2.05) is 6.08 Å². The number of halogens is 5. The molecule has 1 aliphatic heterocycles. The highest BCUT2D eigenvalue weighted by atomic mass is 19.4. The zero-order valence-electron chi connectivity index (χ0n) is 23.2. The van der Waals surface area contributed by atoms with Crippen LogP contribution in [0.3, 0.4) is 0 Å². The normalized spacial score (nSPS) is 30.4. The summed E-state index contributed by atoms with van der Waals surface area (Å²) in [4.78, 5) is 0. The molecular formula is C32H43F5O3. The molecule has 2 saturated carbocycles. The first-order chi connectivity index (χ1) is 19.1. The summed E-state index contributed by atoms with van der Waals surface area (Å²) in [6.45, 7) is 4.05. The van der Waals surface area contributed by atoms with Crippen molar-refractivity contribution in [3.63, 3.8) is 0 Å². The second-order valence-corrected chi connectivity index (χ2v) is 11.8. The average Bonchev–Trinajstić information content (AvgIpc) is 2.95. The lowest BCUT2D eigenvalue weighted by Gasteiger charge is -2.36. The van der Waals surface area contributed by atoms with E-state index >= 15 is 0 Å². The largest absolute Gasteiger partial charge is 0.416 e. The van der Waals surface area contributed by atoms with Crippen molar-refractivity contribution >= 4 is 0 Å². The van der Waals surface area contributed by atoms with E-state index in [4.69, 9.17) is 14.2 Å². The molecule has 0 amide bonds. The maximum Gasteiger partial charge on any atom is 0.416 e. The molecule has 224 valence electrons. The fourth-order valence-corrected chi connectivity index (χ4v) is 6.19. The maximum absolute atomic E-state index is 15.0. The topological polar surface area (TPSA) is 27.7 Å². The molecule has 3 fully saturated rings. The SMILES string of the molecule is C=CCCC1CCC(/C=C/C2CCC(C(F)(F)OC3CCC(OCc4ccc(C(F)(F)F)cc4)CO3)CC2)CC1. The smallest absolute Gasteiger partial charge is 0.371 e. The Hall–Kier alpha value is -1.77. The summed E-state index contributed by atoms with van der Waals surface area (Å²) < 4.78 is 84.5. The Bertz CT molecular complexity index is 921. The molecular weight excluding hydrogens is 527 g/mol. The van der Waals surface area contributed by atoms with Gasteiger partial charge in [-0.05, 0) is 106 Å². The van der Waals surface area contributed by atoms with Crippen molar-refractivity contribution in [2.75, 3.05) is 6.61 Å². The molecule has 1 saturated heterocycles. The summed E-state index contributed by atoms with van der Waals surface area (Å²) in [5, 5.41) is 0. The van der Waals surface area contributed by atoms with E-state index in [2.05, 4.69) is 18.7 Å². The monoisotopic (exact) mass is 570 g/mol. The molecule has 0 bridgehead atoms. The van der Waals surface area contributed by atoms with Gasteiger partial charge in [0.15, 0.2) is 6.29 Å². The van der Waals surface area contributed by atoms with E-state index in [-0.39, 0.29) is 25.7 Å². The van der Waals surface area contributed by atoms with Gasteiger partial charge in [0, 0.05) is 6.42 Å². The van der Waals surface area contributed by atoms with Crippen molar-refractivity contribution in [1.29, 1.82) is 0 Å². The summed E-state index contributed by atoms with van der Waals surface area (Å²) in [5.74, 6) is 0.988. The van der Waals surface area contributed by atoms with Crippen molar-refractivity contribution < 1.29 is 36.2 Å². The third-order valence-electron chi connectivity index (χ3n) is 8.82. The van der Waals surface area contributed by atoms with Gasteiger partial charge in [-0.2, -0.15) is 22.0 Å². The van der Waals surface area contributed by atoms with Crippen LogP contribution in [0, 0.1) is 23.7 Å². The Balaban J connectivity index is 1.12. The molecule has 2 aliphatic carbocycles. The van der Waals surface area contributed by atoms with Crippen LogP contribution < -0.4 is 0 Å². The highest BCUT2D eigenvalue weighted by Gasteiger charge is 2.45. The number of alkyl halides is 5. The lowest BCUT2D eigenvalue weighted by Crippen LogP contribution is -2.41. The Morgan fingerprint density at radius 3 is 2.00 bits per heavy atom. The quantitative estimate of drug-likeness (QED) is 0.196. The Kier molecular flexibility index (Phi) is 11.2. The van der Waals surface area contributed by atoms with Gasteiger partial charge in [-0.25, -0.2) is 0 Å². The van der Waals surface area contributed by atoms with Gasteiger partial charge in [0.25, 0.3) is 0 Å². The molecule has 3 nitrogen and oxygen atoms in total. The molecule has 1 aromatic rings. The highest BCUT2D eigenvalue weighted by Crippen LogP contribution is 2.42. The second kappa shape index (κ2) is 14.4. The van der Waals surface area contributed by atoms with Gasteiger partial charge >= 0.3 is 12.3 Å². The average molecular weight is 571 g/mol. The van der Waals surface area contributed by atoms with E-state index in [1.54, 1.807) is 0 Å². The minimum atomic E-state index is -4.38. The van der Waals surface area contributed by atoms with Crippen molar-refractivity contribution in [3.8, 4) is 0 Å². The minimum Gasteiger partial charge on any atom is -0.371 e. The van der Waals surface area contributed by atoms with Crippen LogP contribution in [0.15, 0.2) is 49.1 Å². The maximum atomic E-state index is 15.0. The number of ether oxygens (including phenoxy) is 3. The molecule has 0 radical (unpaired) electrons. The highest BCUT2D eigenvalue weighted by molar-refractivity contribution is 5.24. The van der Waals surface area contributed by atoms with Gasteiger partial charge in [-0.1, -0.05) is 30.4 Å². The number of hydrogen-bond acceptors (Lipinski definition) is 3. The summed E-state index contributed by atoms with van der Waals surface area (Å²) >= 11 is 0. The molecule has 1 aromatic carbocycles. The van der Waals surface area contributed by atoms with Crippen molar-refractivity contribution in [3.05, 3.63) is 60.2 Å². The van der Waals surface area contributed by atoms with Crippen LogP contribution in [0.1, 0.15) is 88.2 Å². The predicted molar refractivity (Wildman–Crippen MR) is 144 cm³/mol. The van der Waals surface area contributed by atoms with Crippen LogP contribution in [0.25, 0.3) is 0 Å². The lowest BCUT2D eigenvalue weighted by atomic mass is 9.78. The zero-order chi connectivity index (χ0) is 28.6. The number of rotatable bonds is 11. The summed E-state index contributed by atoms with van der Waals surface area (Å²) in [6.07, 6.45) is 8.15. The Morgan fingerprint density at radius 2 is 1.45 bits per heavy atom. The standard InChI is InChI=1S/C32H43F5O3/c1-2-3-4-23-5-7-24(8-6-23)9-10-25-11-17-28(18-12-25)32(36,37)40-30-20-19-29(22-39-30)38-21-26-13-15-27(16-14-26)31(33,34)35/h2,9-10,13-16,23-25,28-30H,1,3-8,11-12,17-22H2/b10-9+. The lowest BCUT2D eigenvalue weighted by molar-refractivity contribution is -0.352. The second-order valence-electron chi connectivity index (χ2n) is 11.8. The van der Waals surface area contributed by atoms with Gasteiger partial charge in [0.2, 0.25) is 0 Å². The van der Waals surface area contributed by atoms with Gasteiger partial charge in [0.1, 0.15) is 0 Å². The predicted octanol–water partition coefficient (Wildman–Crippen LogP) is 9.47. The zero-order valence-corrected chi connectivity index (χ0v) is 23.2. The fourth-order valence-electron chi connectivity index (χ4n) is 6.19. The molecule has 1 heterocycles. The van der Waals surface area contributed by atoms with Crippen molar-refractivity contribution in [2.24, 2.45) is 23.7 Å². The Labute approximate surface area is 235 Å². The van der Waals surface area contributed by atoms with E-state index in [0.29, 0.717) is 36.7 Å². The van der Waals surface area contributed by atoms with Gasteiger partial charge in [0.05, 0.1) is 30.8 Å². The summed E-state index contributed by atoms with van der Waals surface area (Å²) in [5.41, 5.74) is -0.106. The first kappa shape index (κ1) is 31.2. The van der Waals surface area contributed by atoms with E-state index in [9.17, 15) is 22.0 Å². The first-order valence-electron chi connectivity index (χ1n) is 14.9. The van der Waals surface area contributed by atoms with Crippen LogP contribution in [-0.2, 0) is 27.0 Å². The van der Waals surface area contributed by atoms with Gasteiger partial charge in [-0.15, -0.1) is 6.58 Å². The van der Waals surface area contributed by atoms with E-state index in [0.717, 1.165) is 37.3 Å². The van der Waals surface area contributed by atoms with Crippen LogP contribution in [0.5, 0.6) is 0 Å². The van der Waals surface area contributed by atoms with Gasteiger partial charge in [-0.3, -0.25) is 4.74 Å². The van der Waals surface area contributed by atoms with Crippen LogP contribution >= 0.6 is 0 Å². The molecule has 0 spiro atoms. The van der Waals surface area contributed by atoms with Crippen molar-refractivity contribution in [2.45, 2.75) is 108 Å². The fraction of sp³-hybridized carbons (Fsp3) is 0.688. The molecule has 4 rings (SSSR count). The minimum absolute atomic E-state index is 0.106. The number of allylic oxidation sites excluding steroid dienone is 3. The van der Waals surface area contributed by atoms with Crippen LogP contribution in [0.4, 0.5) is 22.0 Å². The summed E-state index contributed by atoms with van der Waals surface area (Å²) in [6, 6.07) is 4.79. The first-order valence-corrected chi connectivity index (χ1v) is 14.9. The third-order valence-corrected chi connectivity index (χ3v) is 8.82. The molecule has 0 aromatic heterocycles. The molecule has 2 atom stereocenters. The molecule has 2 unspecified atom stereocenters. The molecule has 8 heteroatoms. The van der Waals surface area contributed by atoms with Gasteiger partial charge < -0.3 is 9.47 Å². The Morgan fingerprint density at radius 1 is 0.825 bits per heavy atom. The molecule has 0 N–H and O–H groups in total. The summed E-state index contributed by atoms with van der Waals surface area (Å²) in [7, 11) is 0. The van der Waals surface area contributed by atoms with Crippen LogP contribution in [-0.4, -0.2) is 25.1 Å².